The predicted molar refractivity (Wildman–Crippen MR) is 94.5 cm³/mol. The van der Waals surface area contributed by atoms with E-state index in [0.29, 0.717) is 0 Å². The van der Waals surface area contributed by atoms with Crippen molar-refractivity contribution < 1.29 is 49.0 Å². The van der Waals surface area contributed by atoms with Crippen molar-refractivity contribution in [3.05, 3.63) is 47.9 Å². The lowest BCUT2D eigenvalue weighted by molar-refractivity contribution is -0.277. The maximum atomic E-state index is 12.3. The number of aromatic hydroxyl groups is 1. The Kier molecular flexibility index (Phi) is 6.30. The number of aliphatic hydroxyl groups excluding tert-OH is 4. The fraction of sp³-hybridized carbons (Fsp3) is 0.368. The van der Waals surface area contributed by atoms with Crippen molar-refractivity contribution in [1.82, 2.24) is 0 Å². The zero-order chi connectivity index (χ0) is 21.1. The lowest BCUT2D eigenvalue weighted by atomic mass is 9.99. The van der Waals surface area contributed by atoms with Gasteiger partial charge in [-0.3, -0.25) is 9.59 Å². The van der Waals surface area contributed by atoms with Crippen LogP contribution in [0.15, 0.2) is 41.0 Å². The van der Waals surface area contributed by atoms with Gasteiger partial charge in [-0.15, -0.1) is 0 Å². The summed E-state index contributed by atoms with van der Waals surface area (Å²) in [5.74, 6) is -1.63. The summed E-state index contributed by atoms with van der Waals surface area (Å²) in [5.41, 5.74) is -0.119. The largest absolute Gasteiger partial charge is 0.507 e. The third-order valence-corrected chi connectivity index (χ3v) is 4.49. The van der Waals surface area contributed by atoms with Crippen molar-refractivity contribution in [1.29, 1.82) is 0 Å². The predicted octanol–water partition coefficient (Wildman–Crippen LogP) is -0.380. The Morgan fingerprint density at radius 3 is 2.41 bits per heavy atom. The summed E-state index contributed by atoms with van der Waals surface area (Å²) in [6, 6.07) is 6.54. The number of carbonyl (C=O) groups excluding carboxylic acids is 2. The number of phenols is 1. The van der Waals surface area contributed by atoms with Gasteiger partial charge in [-0.2, -0.15) is 0 Å². The molecule has 3 rings (SSSR count). The van der Waals surface area contributed by atoms with E-state index in [4.69, 9.17) is 13.9 Å². The highest BCUT2D eigenvalue weighted by Crippen LogP contribution is 2.29. The fourth-order valence-electron chi connectivity index (χ4n) is 2.88. The summed E-state index contributed by atoms with van der Waals surface area (Å²) in [4.78, 5) is 24.2. The van der Waals surface area contributed by atoms with Crippen LogP contribution >= 0.6 is 0 Å². The molecule has 5 N–H and O–H groups in total. The number of ketones is 2. The quantitative estimate of drug-likeness (QED) is 0.301. The van der Waals surface area contributed by atoms with E-state index in [1.165, 1.54) is 30.5 Å². The van der Waals surface area contributed by atoms with E-state index >= 15 is 0 Å². The fourth-order valence-corrected chi connectivity index (χ4v) is 2.88. The Morgan fingerprint density at radius 2 is 1.79 bits per heavy atom. The second-order valence-corrected chi connectivity index (χ2v) is 6.49. The molecule has 0 unspecified atom stereocenters. The number of carbonyl (C=O) groups is 2. The molecule has 0 radical (unpaired) electrons. The van der Waals surface area contributed by atoms with Crippen molar-refractivity contribution in [2.45, 2.75) is 37.1 Å². The first kappa shape index (κ1) is 21.0. The second-order valence-electron chi connectivity index (χ2n) is 6.49. The van der Waals surface area contributed by atoms with Crippen LogP contribution < -0.4 is 4.74 Å². The van der Waals surface area contributed by atoms with Gasteiger partial charge in [0.05, 0.1) is 24.9 Å². The average molecular weight is 408 g/mol. The van der Waals surface area contributed by atoms with E-state index in [0.717, 1.165) is 6.07 Å². The molecule has 0 saturated carbocycles. The average Bonchev–Trinajstić information content (AvgIpc) is 3.23. The summed E-state index contributed by atoms with van der Waals surface area (Å²) in [6.45, 7) is -0.618. The molecule has 1 aliphatic heterocycles. The molecule has 0 aliphatic carbocycles. The molecule has 10 nitrogen and oxygen atoms in total. The monoisotopic (exact) mass is 408 g/mol. The standard InChI is InChI=1S/C19H20O10/c20-8-15-16(24)17(25)18(26)19(29-15)28-9-3-4-10(11(21)6-9)12(22)7-13(23)14-2-1-5-27-14/h1-6,15-21,24-26H,7-8H2/t15-,16-,17+,18-,19-/m1/s1. The number of phenolic OH excluding ortho intramolecular Hbond substituents is 1. The highest BCUT2D eigenvalue weighted by atomic mass is 16.7. The first-order valence-electron chi connectivity index (χ1n) is 8.72. The van der Waals surface area contributed by atoms with Crippen LogP contribution in [0.2, 0.25) is 0 Å². The summed E-state index contributed by atoms with van der Waals surface area (Å²) in [7, 11) is 0. The van der Waals surface area contributed by atoms with E-state index in [-0.39, 0.29) is 17.1 Å². The van der Waals surface area contributed by atoms with E-state index in [1.807, 2.05) is 0 Å². The number of furan rings is 1. The van der Waals surface area contributed by atoms with Gasteiger partial charge in [0.15, 0.2) is 11.5 Å². The topological polar surface area (TPSA) is 167 Å². The smallest absolute Gasteiger partial charge is 0.229 e. The third-order valence-electron chi connectivity index (χ3n) is 4.49. The number of hydrogen-bond acceptors (Lipinski definition) is 10. The maximum Gasteiger partial charge on any atom is 0.229 e. The molecule has 156 valence electrons. The molecular weight excluding hydrogens is 388 g/mol. The second kappa shape index (κ2) is 8.72. The Bertz CT molecular complexity index is 860. The molecule has 1 aromatic carbocycles. The first-order chi connectivity index (χ1) is 13.8. The van der Waals surface area contributed by atoms with E-state index in [1.54, 1.807) is 0 Å². The van der Waals surface area contributed by atoms with Crippen molar-refractivity contribution >= 4 is 11.6 Å². The molecular formula is C19H20O10. The molecule has 5 atom stereocenters. The normalized spacial score (nSPS) is 26.8. The minimum Gasteiger partial charge on any atom is -0.507 e. The van der Waals surface area contributed by atoms with E-state index in [2.05, 4.69) is 0 Å². The molecule has 1 aromatic heterocycles. The molecule has 1 saturated heterocycles. The molecule has 10 heteroatoms. The van der Waals surface area contributed by atoms with Gasteiger partial charge in [0.1, 0.15) is 35.9 Å². The number of Topliss-reactive ketones (excluding diaryl/α,β-unsaturated/α-hetero) is 2. The van der Waals surface area contributed by atoms with Crippen LogP contribution in [0.4, 0.5) is 0 Å². The number of rotatable bonds is 7. The molecule has 2 aromatic rings. The Balaban J connectivity index is 1.69. The van der Waals surface area contributed by atoms with Gasteiger partial charge in [0, 0.05) is 6.07 Å². The Hall–Kier alpha value is -2.76. The minimum atomic E-state index is -1.62. The molecule has 1 fully saturated rings. The lowest BCUT2D eigenvalue weighted by Crippen LogP contribution is -2.60. The van der Waals surface area contributed by atoms with Gasteiger partial charge in [-0.25, -0.2) is 0 Å². The van der Waals surface area contributed by atoms with Crippen LogP contribution in [-0.4, -0.2) is 74.4 Å². The van der Waals surface area contributed by atoms with Gasteiger partial charge in [0.2, 0.25) is 12.1 Å². The summed E-state index contributed by atoms with van der Waals surface area (Å²) >= 11 is 0. The van der Waals surface area contributed by atoms with Crippen LogP contribution in [-0.2, 0) is 4.74 Å². The van der Waals surface area contributed by atoms with Crippen LogP contribution in [0, 0.1) is 0 Å². The van der Waals surface area contributed by atoms with Gasteiger partial charge < -0.3 is 39.4 Å². The summed E-state index contributed by atoms with van der Waals surface area (Å²) < 4.78 is 15.5. The van der Waals surface area contributed by atoms with Gasteiger partial charge in [-0.05, 0) is 24.3 Å². The van der Waals surface area contributed by atoms with Crippen LogP contribution in [0.1, 0.15) is 27.3 Å². The van der Waals surface area contributed by atoms with Gasteiger partial charge in [0.25, 0.3) is 0 Å². The lowest BCUT2D eigenvalue weighted by Gasteiger charge is -2.39. The zero-order valence-electron chi connectivity index (χ0n) is 15.0. The molecule has 1 aliphatic rings. The van der Waals surface area contributed by atoms with Crippen LogP contribution in [0.25, 0.3) is 0 Å². The van der Waals surface area contributed by atoms with Crippen molar-refractivity contribution in [3.63, 3.8) is 0 Å². The summed E-state index contributed by atoms with van der Waals surface area (Å²) in [6.07, 6.45) is -6.56. The van der Waals surface area contributed by atoms with Gasteiger partial charge >= 0.3 is 0 Å². The van der Waals surface area contributed by atoms with E-state index < -0.39 is 61.0 Å². The molecule has 2 heterocycles. The number of ether oxygens (including phenoxy) is 2. The Labute approximate surface area is 164 Å². The number of benzene rings is 1. The number of hydrogen-bond donors (Lipinski definition) is 5. The van der Waals surface area contributed by atoms with E-state index in [9.17, 15) is 35.1 Å². The maximum absolute atomic E-state index is 12.3. The third kappa shape index (κ3) is 4.47. The summed E-state index contributed by atoms with van der Waals surface area (Å²) in [5, 5.41) is 48.8. The first-order valence-corrected chi connectivity index (χ1v) is 8.72. The molecule has 0 spiro atoms. The highest BCUT2D eigenvalue weighted by Gasteiger charge is 2.44. The van der Waals surface area contributed by atoms with Crippen molar-refractivity contribution in [3.8, 4) is 11.5 Å². The van der Waals surface area contributed by atoms with Gasteiger partial charge in [-0.1, -0.05) is 0 Å². The molecule has 0 amide bonds. The minimum absolute atomic E-state index is 0.0132. The van der Waals surface area contributed by atoms with Crippen molar-refractivity contribution in [2.24, 2.45) is 0 Å². The number of aliphatic hydroxyl groups is 4. The van der Waals surface area contributed by atoms with Crippen molar-refractivity contribution in [2.75, 3.05) is 6.61 Å². The Morgan fingerprint density at radius 1 is 1.03 bits per heavy atom. The van der Waals surface area contributed by atoms with Crippen LogP contribution in [0.5, 0.6) is 11.5 Å². The molecule has 0 bridgehead atoms. The molecule has 29 heavy (non-hydrogen) atoms. The highest BCUT2D eigenvalue weighted by molar-refractivity contribution is 6.13. The zero-order valence-corrected chi connectivity index (χ0v) is 15.0. The SMILES string of the molecule is O=C(CC(=O)c1ccc(O[C@@H]2O[C@H](CO)[C@@H](O)[C@H](O)[C@H]2O)cc1O)c1ccco1. The van der Waals surface area contributed by atoms with Crippen LogP contribution in [0.3, 0.4) is 0 Å².